The molecule has 4 nitrogen and oxygen atoms in total. The molecule has 0 aliphatic rings. The highest BCUT2D eigenvalue weighted by atomic mass is 31.2. The van der Waals surface area contributed by atoms with Crippen molar-refractivity contribution in [2.24, 2.45) is 0 Å². The van der Waals surface area contributed by atoms with Gasteiger partial charge in [-0.15, -0.1) is 0 Å². The van der Waals surface area contributed by atoms with Crippen LogP contribution in [0, 0.1) is 0 Å². The normalized spacial score (nSPS) is 11.5. The molecule has 0 fully saturated rings. The minimum Gasteiger partial charge on any atom is -0.308 e. The second-order valence-electron chi connectivity index (χ2n) is 2.05. The van der Waals surface area contributed by atoms with E-state index in [9.17, 15) is 4.57 Å². The van der Waals surface area contributed by atoms with E-state index in [1.165, 1.54) is 14.2 Å². The maximum atomic E-state index is 11.6. The fraction of sp³-hybridized carbons (Fsp3) is 0.286. The summed E-state index contributed by atoms with van der Waals surface area (Å²) in [6.45, 7) is 0. The fourth-order valence-corrected chi connectivity index (χ4v) is 1.78. The zero-order chi connectivity index (χ0) is 9.03. The second kappa shape index (κ2) is 3.81. The molecule has 0 radical (unpaired) electrons. The largest absolute Gasteiger partial charge is 0.379 e. The van der Waals surface area contributed by atoms with Gasteiger partial charge in [0.1, 0.15) is 0 Å². The molecule has 0 atom stereocenters. The third-order valence-corrected chi connectivity index (χ3v) is 3.20. The molecular weight excluding hydrogens is 177 g/mol. The van der Waals surface area contributed by atoms with E-state index in [1.807, 2.05) is 0 Å². The lowest BCUT2D eigenvalue weighted by Gasteiger charge is -2.11. The van der Waals surface area contributed by atoms with Crippen LogP contribution in [0.3, 0.4) is 0 Å². The van der Waals surface area contributed by atoms with Crippen LogP contribution >= 0.6 is 7.60 Å². The van der Waals surface area contributed by atoms with Crippen LogP contribution in [0.15, 0.2) is 24.4 Å². The van der Waals surface area contributed by atoms with Crippen molar-refractivity contribution < 1.29 is 13.6 Å². The van der Waals surface area contributed by atoms with Gasteiger partial charge in [-0.3, -0.25) is 4.57 Å². The predicted octanol–water partition coefficient (Wildman–Crippen LogP) is 1.19. The highest BCUT2D eigenvalue weighted by Crippen LogP contribution is 2.43. The van der Waals surface area contributed by atoms with Crippen LogP contribution in [0.1, 0.15) is 0 Å². The molecule has 0 aliphatic heterocycles. The van der Waals surface area contributed by atoms with E-state index in [-0.39, 0.29) is 0 Å². The molecule has 5 heteroatoms. The lowest BCUT2D eigenvalue weighted by Crippen LogP contribution is -2.10. The Morgan fingerprint density at radius 1 is 1.33 bits per heavy atom. The van der Waals surface area contributed by atoms with Crippen LogP contribution < -0.4 is 5.44 Å². The summed E-state index contributed by atoms with van der Waals surface area (Å²) in [5.74, 6) is 0. The smallest absolute Gasteiger partial charge is 0.308 e. The molecule has 0 spiro atoms. The first-order valence-corrected chi connectivity index (χ1v) is 4.90. The van der Waals surface area contributed by atoms with E-state index < -0.39 is 7.60 Å². The van der Waals surface area contributed by atoms with Gasteiger partial charge in [-0.2, -0.15) is 0 Å². The van der Waals surface area contributed by atoms with Crippen molar-refractivity contribution in [1.82, 2.24) is 4.98 Å². The van der Waals surface area contributed by atoms with E-state index in [1.54, 1.807) is 24.4 Å². The van der Waals surface area contributed by atoms with Gasteiger partial charge in [-0.05, 0) is 12.1 Å². The van der Waals surface area contributed by atoms with Crippen LogP contribution in [-0.2, 0) is 13.6 Å². The van der Waals surface area contributed by atoms with Gasteiger partial charge in [-0.25, -0.2) is 4.98 Å². The number of pyridine rings is 1. The van der Waals surface area contributed by atoms with Crippen LogP contribution in [0.2, 0.25) is 0 Å². The Labute approximate surface area is 71.1 Å². The third-order valence-electron chi connectivity index (χ3n) is 1.41. The second-order valence-corrected chi connectivity index (χ2v) is 4.23. The first-order valence-electron chi connectivity index (χ1n) is 3.36. The SMILES string of the molecule is COP(=O)(OC)c1ccccn1. The van der Waals surface area contributed by atoms with Crippen LogP contribution in [0.4, 0.5) is 0 Å². The summed E-state index contributed by atoms with van der Waals surface area (Å²) < 4.78 is 21.1. The van der Waals surface area contributed by atoms with E-state index in [4.69, 9.17) is 9.05 Å². The molecule has 0 saturated carbocycles. The molecule has 0 aromatic carbocycles. The minimum atomic E-state index is -3.14. The monoisotopic (exact) mass is 187 g/mol. The summed E-state index contributed by atoms with van der Waals surface area (Å²) in [5, 5.41) is 0. The van der Waals surface area contributed by atoms with Gasteiger partial charge < -0.3 is 9.05 Å². The third kappa shape index (κ3) is 1.72. The van der Waals surface area contributed by atoms with Crippen molar-refractivity contribution in [3.63, 3.8) is 0 Å². The minimum absolute atomic E-state index is 0.329. The highest BCUT2D eigenvalue weighted by molar-refractivity contribution is 7.61. The molecule has 12 heavy (non-hydrogen) atoms. The molecule has 0 N–H and O–H groups in total. The van der Waals surface area contributed by atoms with Crippen LogP contribution in [0.5, 0.6) is 0 Å². The molecule has 0 aliphatic carbocycles. The van der Waals surface area contributed by atoms with Crippen molar-refractivity contribution in [2.75, 3.05) is 14.2 Å². The summed E-state index contributed by atoms with van der Waals surface area (Å²) in [6, 6.07) is 5.07. The van der Waals surface area contributed by atoms with Crippen molar-refractivity contribution in [1.29, 1.82) is 0 Å². The summed E-state index contributed by atoms with van der Waals surface area (Å²) >= 11 is 0. The Balaban J connectivity index is 3.04. The van der Waals surface area contributed by atoms with Crippen LogP contribution in [0.25, 0.3) is 0 Å². The standard InChI is InChI=1S/C7H10NO3P/c1-10-12(9,11-2)7-5-3-4-6-8-7/h3-6H,1-2H3. The molecule has 1 aromatic rings. The molecule has 1 aromatic heterocycles. The van der Waals surface area contributed by atoms with E-state index >= 15 is 0 Å². The number of hydrogen-bond acceptors (Lipinski definition) is 4. The van der Waals surface area contributed by atoms with Crippen molar-refractivity contribution in [3.8, 4) is 0 Å². The van der Waals surface area contributed by atoms with E-state index in [0.29, 0.717) is 5.44 Å². The first kappa shape index (κ1) is 9.39. The number of nitrogens with zero attached hydrogens (tertiary/aromatic N) is 1. The van der Waals surface area contributed by atoms with Crippen molar-refractivity contribution >= 4 is 13.0 Å². The predicted molar refractivity (Wildman–Crippen MR) is 45.5 cm³/mol. The molecule has 1 rings (SSSR count). The topological polar surface area (TPSA) is 48.4 Å². The van der Waals surface area contributed by atoms with Gasteiger partial charge in [0.25, 0.3) is 0 Å². The Bertz CT molecular complexity index is 280. The summed E-state index contributed by atoms with van der Waals surface area (Å²) in [4.78, 5) is 3.88. The molecule has 0 unspecified atom stereocenters. The van der Waals surface area contributed by atoms with Gasteiger partial charge in [0.2, 0.25) is 0 Å². The fourth-order valence-electron chi connectivity index (χ4n) is 0.777. The van der Waals surface area contributed by atoms with Gasteiger partial charge in [0.05, 0.1) is 0 Å². The van der Waals surface area contributed by atoms with Gasteiger partial charge in [0.15, 0.2) is 5.44 Å². The average molecular weight is 187 g/mol. The van der Waals surface area contributed by atoms with Gasteiger partial charge in [0, 0.05) is 20.4 Å². The van der Waals surface area contributed by atoms with Crippen LogP contribution in [-0.4, -0.2) is 19.2 Å². The Morgan fingerprint density at radius 3 is 2.42 bits per heavy atom. The number of aromatic nitrogens is 1. The summed E-state index contributed by atoms with van der Waals surface area (Å²) in [6.07, 6.45) is 1.54. The first-order chi connectivity index (χ1) is 5.73. The lowest BCUT2D eigenvalue weighted by atomic mass is 10.5. The lowest BCUT2D eigenvalue weighted by molar-refractivity contribution is 0.286. The molecular formula is C7H10NO3P. The van der Waals surface area contributed by atoms with Gasteiger partial charge >= 0.3 is 7.60 Å². The van der Waals surface area contributed by atoms with Crippen molar-refractivity contribution in [2.45, 2.75) is 0 Å². The maximum absolute atomic E-state index is 11.6. The zero-order valence-electron chi connectivity index (χ0n) is 6.93. The number of rotatable bonds is 3. The highest BCUT2D eigenvalue weighted by Gasteiger charge is 2.25. The van der Waals surface area contributed by atoms with E-state index in [0.717, 1.165) is 0 Å². The molecule has 1 heterocycles. The summed E-state index contributed by atoms with van der Waals surface area (Å²) in [5.41, 5.74) is 0.329. The average Bonchev–Trinajstić information content (AvgIpc) is 2.18. The summed E-state index contributed by atoms with van der Waals surface area (Å²) in [7, 11) is -0.480. The molecule has 66 valence electrons. The Hall–Kier alpha value is -0.700. The molecule has 0 saturated heterocycles. The zero-order valence-corrected chi connectivity index (χ0v) is 7.82. The Morgan fingerprint density at radius 2 is 2.00 bits per heavy atom. The Kier molecular flexibility index (Phi) is 2.98. The molecule has 0 bridgehead atoms. The number of hydrogen-bond donors (Lipinski definition) is 0. The molecule has 0 amide bonds. The van der Waals surface area contributed by atoms with Crippen molar-refractivity contribution in [3.05, 3.63) is 24.4 Å². The quantitative estimate of drug-likeness (QED) is 0.667. The maximum Gasteiger partial charge on any atom is 0.379 e. The van der Waals surface area contributed by atoms with E-state index in [2.05, 4.69) is 4.98 Å². The van der Waals surface area contributed by atoms with Gasteiger partial charge in [-0.1, -0.05) is 6.07 Å².